The molecule has 7 nitrogen and oxygen atoms in total. The van der Waals surface area contributed by atoms with Crippen molar-refractivity contribution in [2.45, 2.75) is 26.7 Å². The number of carbonyl (C=O) groups is 2. The molecule has 7 heteroatoms. The summed E-state index contributed by atoms with van der Waals surface area (Å²) in [6.45, 7) is 4.09. The summed E-state index contributed by atoms with van der Waals surface area (Å²) in [5.41, 5.74) is 0.685. The number of ketones is 1. The number of Topliss-reactive ketones (excluding diaryl/α,β-unsaturated/α-hetero) is 1. The molecule has 0 fully saturated rings. The van der Waals surface area contributed by atoms with Gasteiger partial charge in [-0.05, 0) is 30.0 Å². The van der Waals surface area contributed by atoms with E-state index in [-0.39, 0.29) is 23.6 Å². The highest BCUT2D eigenvalue weighted by atomic mass is 16.7. The minimum atomic E-state index is -0.578. The Hall–Kier alpha value is -3.09. The van der Waals surface area contributed by atoms with E-state index >= 15 is 0 Å². The van der Waals surface area contributed by atoms with Crippen molar-refractivity contribution in [2.75, 3.05) is 12.1 Å². The minimum absolute atomic E-state index is 0.0652. The number of benzene rings is 1. The summed E-state index contributed by atoms with van der Waals surface area (Å²) in [5, 5.41) is 2.66. The van der Waals surface area contributed by atoms with Crippen LogP contribution < -0.4 is 20.3 Å². The molecule has 26 heavy (non-hydrogen) atoms. The first kappa shape index (κ1) is 16.4. The lowest BCUT2D eigenvalue weighted by molar-refractivity contribution is 0.0910. The molecule has 0 unspecified atom stereocenters. The SMILES string of the molecule is CC1(C)CC(=O)c2cc(C(=O)Nc3ccc4c(c3)OCO4)c(=O)[nH]c2C1. The number of fused-ring (bicyclic) bond motifs is 2. The molecular formula is C19H18N2O5. The summed E-state index contributed by atoms with van der Waals surface area (Å²) in [5.74, 6) is 0.484. The van der Waals surface area contributed by atoms with E-state index in [9.17, 15) is 14.4 Å². The molecular weight excluding hydrogens is 336 g/mol. The Morgan fingerprint density at radius 1 is 1.12 bits per heavy atom. The third-order valence-corrected chi connectivity index (χ3v) is 4.59. The summed E-state index contributed by atoms with van der Waals surface area (Å²) < 4.78 is 10.5. The van der Waals surface area contributed by atoms with Gasteiger partial charge >= 0.3 is 0 Å². The first-order valence-corrected chi connectivity index (χ1v) is 8.33. The molecule has 1 aromatic carbocycles. The molecule has 4 rings (SSSR count). The number of aromatic amines is 1. The molecule has 0 saturated carbocycles. The lowest BCUT2D eigenvalue weighted by Crippen LogP contribution is -2.32. The minimum Gasteiger partial charge on any atom is -0.454 e. The summed E-state index contributed by atoms with van der Waals surface area (Å²) in [6.07, 6.45) is 0.975. The van der Waals surface area contributed by atoms with E-state index in [1.807, 2.05) is 13.8 Å². The maximum absolute atomic E-state index is 12.5. The first-order valence-electron chi connectivity index (χ1n) is 8.33. The van der Waals surface area contributed by atoms with Crippen LogP contribution in [0.4, 0.5) is 5.69 Å². The van der Waals surface area contributed by atoms with Crippen molar-refractivity contribution >= 4 is 17.4 Å². The molecule has 2 aliphatic rings. The van der Waals surface area contributed by atoms with Gasteiger partial charge in [0.25, 0.3) is 11.5 Å². The Morgan fingerprint density at radius 2 is 1.88 bits per heavy atom. The van der Waals surface area contributed by atoms with Gasteiger partial charge in [0.1, 0.15) is 5.56 Å². The van der Waals surface area contributed by atoms with E-state index in [1.54, 1.807) is 18.2 Å². The van der Waals surface area contributed by atoms with Crippen LogP contribution in [0.25, 0.3) is 0 Å². The van der Waals surface area contributed by atoms with Crippen molar-refractivity contribution in [2.24, 2.45) is 5.41 Å². The van der Waals surface area contributed by atoms with Gasteiger partial charge in [-0.3, -0.25) is 14.4 Å². The summed E-state index contributed by atoms with van der Waals surface area (Å²) in [4.78, 5) is 40.0. The topological polar surface area (TPSA) is 97.5 Å². The van der Waals surface area contributed by atoms with Crippen LogP contribution in [0.3, 0.4) is 0 Å². The van der Waals surface area contributed by atoms with E-state index in [1.165, 1.54) is 6.07 Å². The number of anilines is 1. The van der Waals surface area contributed by atoms with Crippen LogP contribution in [0.5, 0.6) is 11.5 Å². The van der Waals surface area contributed by atoms with Crippen molar-refractivity contribution in [3.8, 4) is 11.5 Å². The number of H-pyrrole nitrogens is 1. The van der Waals surface area contributed by atoms with E-state index in [2.05, 4.69) is 10.3 Å². The van der Waals surface area contributed by atoms with Crippen LogP contribution in [0.2, 0.25) is 0 Å². The van der Waals surface area contributed by atoms with Gasteiger partial charge in [0.05, 0.1) is 0 Å². The molecule has 0 saturated heterocycles. The fraction of sp³-hybridized carbons (Fsp3) is 0.316. The zero-order chi connectivity index (χ0) is 18.5. The zero-order valence-electron chi connectivity index (χ0n) is 14.5. The van der Waals surface area contributed by atoms with E-state index in [4.69, 9.17) is 9.47 Å². The fourth-order valence-corrected chi connectivity index (χ4v) is 3.37. The second-order valence-electron chi connectivity index (χ2n) is 7.37. The van der Waals surface area contributed by atoms with Gasteiger partial charge in [0.15, 0.2) is 17.3 Å². The number of amides is 1. The highest BCUT2D eigenvalue weighted by Gasteiger charge is 2.32. The summed E-state index contributed by atoms with van der Waals surface area (Å²) in [6, 6.07) is 6.36. The Balaban J connectivity index is 1.64. The van der Waals surface area contributed by atoms with Crippen molar-refractivity contribution in [1.29, 1.82) is 0 Å². The smallest absolute Gasteiger partial charge is 0.261 e. The van der Waals surface area contributed by atoms with Crippen LogP contribution in [0.1, 0.15) is 46.7 Å². The largest absolute Gasteiger partial charge is 0.454 e. The van der Waals surface area contributed by atoms with Crippen molar-refractivity contribution in [3.63, 3.8) is 0 Å². The Bertz CT molecular complexity index is 990. The fourth-order valence-electron chi connectivity index (χ4n) is 3.37. The quantitative estimate of drug-likeness (QED) is 0.864. The molecule has 1 aliphatic heterocycles. The second-order valence-corrected chi connectivity index (χ2v) is 7.37. The van der Waals surface area contributed by atoms with Crippen molar-refractivity contribution in [3.05, 3.63) is 51.4 Å². The molecule has 2 heterocycles. The van der Waals surface area contributed by atoms with Crippen molar-refractivity contribution < 1.29 is 19.1 Å². The Labute approximate surface area is 149 Å². The third kappa shape index (κ3) is 2.85. The van der Waals surface area contributed by atoms with Gasteiger partial charge < -0.3 is 19.8 Å². The first-order chi connectivity index (χ1) is 12.3. The van der Waals surface area contributed by atoms with Crippen molar-refractivity contribution in [1.82, 2.24) is 4.98 Å². The van der Waals surface area contributed by atoms with Gasteiger partial charge in [0.2, 0.25) is 6.79 Å². The average molecular weight is 354 g/mol. The molecule has 0 radical (unpaired) electrons. The summed E-state index contributed by atoms with van der Waals surface area (Å²) >= 11 is 0. The number of hydrogen-bond acceptors (Lipinski definition) is 5. The molecule has 1 aliphatic carbocycles. The normalized spacial score (nSPS) is 16.9. The van der Waals surface area contributed by atoms with Gasteiger partial charge in [-0.2, -0.15) is 0 Å². The molecule has 1 aromatic heterocycles. The predicted molar refractivity (Wildman–Crippen MR) is 94.0 cm³/mol. The Kier molecular flexibility index (Phi) is 3.61. The Morgan fingerprint density at radius 3 is 2.69 bits per heavy atom. The number of hydrogen-bond donors (Lipinski definition) is 2. The third-order valence-electron chi connectivity index (χ3n) is 4.59. The highest BCUT2D eigenvalue weighted by molar-refractivity contribution is 6.06. The lowest BCUT2D eigenvalue weighted by atomic mass is 9.75. The molecule has 0 spiro atoms. The molecule has 2 aromatic rings. The number of aromatic nitrogens is 1. The predicted octanol–water partition coefficient (Wildman–Crippen LogP) is 2.51. The van der Waals surface area contributed by atoms with E-state index in [0.29, 0.717) is 41.3 Å². The number of ether oxygens (including phenoxy) is 2. The number of carbonyl (C=O) groups excluding carboxylic acids is 2. The molecule has 0 bridgehead atoms. The molecule has 1 amide bonds. The number of rotatable bonds is 2. The molecule has 134 valence electrons. The number of nitrogens with one attached hydrogen (secondary N) is 2. The van der Waals surface area contributed by atoms with Crippen LogP contribution in [0, 0.1) is 5.41 Å². The van der Waals surface area contributed by atoms with Crippen LogP contribution in [-0.2, 0) is 6.42 Å². The lowest BCUT2D eigenvalue weighted by Gasteiger charge is -2.29. The zero-order valence-corrected chi connectivity index (χ0v) is 14.5. The van der Waals surface area contributed by atoms with E-state index in [0.717, 1.165) is 0 Å². The van der Waals surface area contributed by atoms with Crippen LogP contribution in [-0.4, -0.2) is 23.5 Å². The van der Waals surface area contributed by atoms with Gasteiger partial charge in [-0.25, -0.2) is 0 Å². The molecule has 2 N–H and O–H groups in total. The maximum atomic E-state index is 12.5. The van der Waals surface area contributed by atoms with Crippen LogP contribution >= 0.6 is 0 Å². The summed E-state index contributed by atoms with van der Waals surface area (Å²) in [7, 11) is 0. The molecule has 0 atom stereocenters. The van der Waals surface area contributed by atoms with Gasteiger partial charge in [-0.1, -0.05) is 13.8 Å². The standard InChI is InChI=1S/C19H18N2O5/c1-19(2)7-13-11(14(22)8-19)6-12(18(24)21-13)17(23)20-10-3-4-15-16(5-10)26-9-25-15/h3-6H,7-9H2,1-2H3,(H,20,23)(H,21,24). The number of pyridine rings is 1. The van der Waals surface area contributed by atoms with E-state index < -0.39 is 11.5 Å². The van der Waals surface area contributed by atoms with Crippen LogP contribution in [0.15, 0.2) is 29.1 Å². The average Bonchev–Trinajstić information content (AvgIpc) is 3.00. The second kappa shape index (κ2) is 5.72. The van der Waals surface area contributed by atoms with Gasteiger partial charge in [-0.15, -0.1) is 0 Å². The van der Waals surface area contributed by atoms with Gasteiger partial charge in [0, 0.05) is 29.4 Å². The highest BCUT2D eigenvalue weighted by Crippen LogP contribution is 2.35. The maximum Gasteiger partial charge on any atom is 0.261 e. The monoisotopic (exact) mass is 354 g/mol.